The first-order valence-electron chi connectivity index (χ1n) is 16.7. The summed E-state index contributed by atoms with van der Waals surface area (Å²) in [7, 11) is -2.04. The molecule has 1 amide bonds. The van der Waals surface area contributed by atoms with Crippen molar-refractivity contribution in [2.75, 3.05) is 44.9 Å². The largest absolute Gasteiger partial charge is 0.490 e. The van der Waals surface area contributed by atoms with E-state index in [1.165, 1.54) is 13.0 Å². The third-order valence-corrected chi connectivity index (χ3v) is 10.5. The van der Waals surface area contributed by atoms with Gasteiger partial charge in [0.2, 0.25) is 6.79 Å². The molecule has 0 spiro atoms. The number of hydrogen-bond donors (Lipinski definition) is 2. The van der Waals surface area contributed by atoms with Gasteiger partial charge >= 0.3 is 0 Å². The number of fused-ring (bicyclic) bond motifs is 2. The third kappa shape index (κ3) is 8.85. The van der Waals surface area contributed by atoms with Crippen LogP contribution in [0.4, 0.5) is 5.69 Å². The lowest BCUT2D eigenvalue weighted by Gasteiger charge is -2.36. The number of aliphatic hydroxyl groups is 1. The van der Waals surface area contributed by atoms with Gasteiger partial charge in [-0.25, -0.2) is 8.42 Å². The molecule has 0 bridgehead atoms. The maximum absolute atomic E-state index is 14.4. The number of benzene rings is 2. The molecule has 3 aromatic rings. The number of likely N-dealkylation sites (N-methyl/N-ethyl adjacent to an activating group) is 1. The van der Waals surface area contributed by atoms with Crippen LogP contribution < -0.4 is 18.9 Å². The fourth-order valence-electron chi connectivity index (χ4n) is 6.24. The monoisotopic (exact) mass is 700 g/mol. The lowest BCUT2D eigenvalue weighted by Crippen LogP contribution is -2.47. The molecule has 3 heterocycles. The molecule has 0 saturated carbocycles. The van der Waals surface area contributed by atoms with Crippen molar-refractivity contribution >= 4 is 21.6 Å². The van der Waals surface area contributed by atoms with E-state index in [0.717, 1.165) is 36.3 Å². The summed E-state index contributed by atoms with van der Waals surface area (Å²) in [5, 5.41) is 14.0. The van der Waals surface area contributed by atoms with E-state index < -0.39 is 22.0 Å². The zero-order chi connectivity index (χ0) is 35.3. The molecule has 2 aliphatic heterocycles. The number of aromatic nitrogens is 1. The van der Waals surface area contributed by atoms with Crippen LogP contribution in [0.15, 0.2) is 45.8 Å². The lowest BCUT2D eigenvalue weighted by atomic mass is 10.0. The first kappa shape index (κ1) is 36.4. The number of nitrogens with zero attached hydrogens (tertiary/aromatic N) is 3. The first-order valence-corrected chi connectivity index (χ1v) is 18.2. The molecule has 0 fully saturated rings. The van der Waals surface area contributed by atoms with Crippen LogP contribution in [0.1, 0.15) is 67.4 Å². The van der Waals surface area contributed by atoms with Gasteiger partial charge in [0.15, 0.2) is 22.2 Å². The minimum Gasteiger partial charge on any atom is -0.490 e. The number of aryl methyl sites for hydroxylation is 2. The van der Waals surface area contributed by atoms with Crippen molar-refractivity contribution in [2.45, 2.75) is 83.6 Å². The van der Waals surface area contributed by atoms with Crippen molar-refractivity contribution in [3.05, 3.63) is 59.0 Å². The zero-order valence-electron chi connectivity index (χ0n) is 29.1. The SMILES string of the molecule is Cc1noc(C)c1S(=O)(=O)Nc1ccc2c(c1)C(=O)N([C@H](C)CO)C[C@H](C)[C@@H](CN(C)Cc1ccc3c(c1)OCO3)OCCCC[C@H](C)O2. The van der Waals surface area contributed by atoms with E-state index in [0.29, 0.717) is 25.4 Å². The Balaban J connectivity index is 1.41. The van der Waals surface area contributed by atoms with Crippen molar-refractivity contribution in [1.29, 1.82) is 0 Å². The van der Waals surface area contributed by atoms with Crippen molar-refractivity contribution < 1.29 is 41.8 Å². The van der Waals surface area contributed by atoms with E-state index in [1.54, 1.807) is 30.9 Å². The number of ether oxygens (including phenoxy) is 4. The normalized spacial score (nSPS) is 21.2. The number of aliphatic hydroxyl groups excluding tert-OH is 1. The highest BCUT2D eigenvalue weighted by atomic mass is 32.2. The molecular formula is C35H48N4O9S. The molecule has 1 aromatic heterocycles. The summed E-state index contributed by atoms with van der Waals surface area (Å²) in [5.41, 5.74) is 1.68. The molecule has 49 heavy (non-hydrogen) atoms. The average Bonchev–Trinajstić information content (AvgIpc) is 3.67. The van der Waals surface area contributed by atoms with Crippen LogP contribution in [0.5, 0.6) is 17.2 Å². The summed E-state index contributed by atoms with van der Waals surface area (Å²) in [6, 6.07) is 10.1. The minimum atomic E-state index is -4.07. The van der Waals surface area contributed by atoms with Crippen LogP contribution in [-0.2, 0) is 21.3 Å². The molecule has 13 nitrogen and oxygen atoms in total. The maximum Gasteiger partial charge on any atom is 0.267 e. The predicted octanol–water partition coefficient (Wildman–Crippen LogP) is 4.75. The Bertz CT molecular complexity index is 1690. The summed E-state index contributed by atoms with van der Waals surface area (Å²) < 4.78 is 58.1. The van der Waals surface area contributed by atoms with Gasteiger partial charge in [-0.3, -0.25) is 14.4 Å². The van der Waals surface area contributed by atoms with Gasteiger partial charge < -0.3 is 33.5 Å². The minimum absolute atomic E-state index is 0.0531. The van der Waals surface area contributed by atoms with Crippen molar-refractivity contribution in [1.82, 2.24) is 15.0 Å². The molecule has 0 radical (unpaired) electrons. The highest BCUT2D eigenvalue weighted by Crippen LogP contribution is 2.33. The van der Waals surface area contributed by atoms with Gasteiger partial charge in [0.25, 0.3) is 15.9 Å². The molecule has 14 heteroatoms. The van der Waals surface area contributed by atoms with E-state index in [4.69, 9.17) is 23.5 Å². The second kappa shape index (κ2) is 15.8. The Labute approximate surface area is 288 Å². The van der Waals surface area contributed by atoms with Gasteiger partial charge in [-0.15, -0.1) is 0 Å². The van der Waals surface area contributed by atoms with E-state index in [2.05, 4.69) is 14.8 Å². The molecule has 268 valence electrons. The fourth-order valence-corrected chi connectivity index (χ4v) is 7.62. The van der Waals surface area contributed by atoms with E-state index >= 15 is 0 Å². The van der Waals surface area contributed by atoms with Crippen LogP contribution in [0.25, 0.3) is 0 Å². The second-order valence-electron chi connectivity index (χ2n) is 13.2. The molecule has 2 aromatic carbocycles. The third-order valence-electron chi connectivity index (χ3n) is 8.92. The fraction of sp³-hybridized carbons (Fsp3) is 0.543. The summed E-state index contributed by atoms with van der Waals surface area (Å²) in [4.78, 5) is 18.2. The average molecular weight is 701 g/mol. The number of sulfonamides is 1. The first-order chi connectivity index (χ1) is 23.4. The van der Waals surface area contributed by atoms with Gasteiger partial charge in [0, 0.05) is 37.8 Å². The second-order valence-corrected chi connectivity index (χ2v) is 14.8. The van der Waals surface area contributed by atoms with Gasteiger partial charge in [-0.1, -0.05) is 18.1 Å². The Hall–Kier alpha value is -3.85. The van der Waals surface area contributed by atoms with Gasteiger partial charge in [-0.05, 0) is 89.9 Å². The van der Waals surface area contributed by atoms with Gasteiger partial charge in [0.05, 0.1) is 30.4 Å². The highest BCUT2D eigenvalue weighted by molar-refractivity contribution is 7.92. The molecule has 2 N–H and O–H groups in total. The van der Waals surface area contributed by atoms with E-state index in [-0.39, 0.29) is 65.7 Å². The van der Waals surface area contributed by atoms with E-state index in [9.17, 15) is 18.3 Å². The van der Waals surface area contributed by atoms with Crippen LogP contribution in [0, 0.1) is 19.8 Å². The van der Waals surface area contributed by atoms with Crippen LogP contribution in [0.2, 0.25) is 0 Å². The Morgan fingerprint density at radius 2 is 1.84 bits per heavy atom. The Morgan fingerprint density at radius 1 is 1.08 bits per heavy atom. The number of amides is 1. The van der Waals surface area contributed by atoms with Gasteiger partial charge in [-0.2, -0.15) is 0 Å². The number of nitrogens with one attached hydrogen (secondary N) is 1. The standard InChI is InChI=1S/C35H48N4O9S/c1-22-17-39(23(2)20-40)35(41)29-16-28(37-49(42,43)34-25(4)36-48-26(34)5)11-13-30(29)47-24(3)9-7-8-14-44-33(22)19-38(6)18-27-10-12-31-32(15-27)46-21-45-31/h10-13,15-16,22-24,33,37,40H,7-9,14,17-21H2,1-6H3/t22-,23+,24-,33+/m0/s1. The summed E-state index contributed by atoms with van der Waals surface area (Å²) in [6.45, 7) is 10.9. The predicted molar refractivity (Wildman–Crippen MR) is 183 cm³/mol. The smallest absolute Gasteiger partial charge is 0.267 e. The molecule has 0 saturated heterocycles. The topological polar surface area (TPSA) is 153 Å². The molecular weight excluding hydrogens is 652 g/mol. The number of carbonyl (C=O) groups excluding carboxylic acids is 1. The maximum atomic E-state index is 14.4. The molecule has 0 unspecified atom stereocenters. The molecule has 0 aliphatic carbocycles. The molecule has 5 rings (SSSR count). The molecule has 4 atom stereocenters. The quantitative estimate of drug-likeness (QED) is 0.318. The van der Waals surface area contributed by atoms with E-state index in [1.807, 2.05) is 39.1 Å². The van der Waals surface area contributed by atoms with Crippen molar-refractivity contribution in [3.63, 3.8) is 0 Å². The lowest BCUT2D eigenvalue weighted by molar-refractivity contribution is -0.0177. The van der Waals surface area contributed by atoms with Gasteiger partial charge in [0.1, 0.15) is 11.4 Å². The van der Waals surface area contributed by atoms with Crippen LogP contribution in [0.3, 0.4) is 0 Å². The highest BCUT2D eigenvalue weighted by Gasteiger charge is 2.31. The van der Waals surface area contributed by atoms with Crippen LogP contribution in [-0.4, -0.2) is 92.8 Å². The summed E-state index contributed by atoms with van der Waals surface area (Å²) in [6.07, 6.45) is 2.00. The van der Waals surface area contributed by atoms with Crippen LogP contribution >= 0.6 is 0 Å². The summed E-state index contributed by atoms with van der Waals surface area (Å²) in [5.74, 6) is 1.46. The Morgan fingerprint density at radius 3 is 2.57 bits per heavy atom. The van der Waals surface area contributed by atoms with Crippen molar-refractivity contribution in [3.8, 4) is 17.2 Å². The Kier molecular flexibility index (Phi) is 11.7. The zero-order valence-corrected chi connectivity index (χ0v) is 29.9. The number of rotatable bonds is 9. The number of carbonyl (C=O) groups is 1. The number of anilines is 1. The van der Waals surface area contributed by atoms with Crippen molar-refractivity contribution in [2.24, 2.45) is 5.92 Å². The molecule has 2 aliphatic rings. The summed E-state index contributed by atoms with van der Waals surface area (Å²) >= 11 is 0. The number of hydrogen-bond acceptors (Lipinski definition) is 11.